The van der Waals surface area contributed by atoms with Crippen LogP contribution in [0.1, 0.15) is 18.4 Å². The van der Waals surface area contributed by atoms with Crippen LogP contribution in [0.5, 0.6) is 5.88 Å². The van der Waals surface area contributed by atoms with E-state index >= 15 is 0 Å². The van der Waals surface area contributed by atoms with Gasteiger partial charge in [0.2, 0.25) is 5.88 Å². The number of aryl methyl sites for hydroxylation is 1. The van der Waals surface area contributed by atoms with Gasteiger partial charge in [-0.25, -0.2) is 4.79 Å². The lowest BCUT2D eigenvalue weighted by Gasteiger charge is -2.41. The molecule has 2 fully saturated rings. The van der Waals surface area contributed by atoms with Crippen molar-refractivity contribution in [3.05, 3.63) is 64.6 Å². The highest BCUT2D eigenvalue weighted by molar-refractivity contribution is 7.87. The Morgan fingerprint density at radius 1 is 1.12 bits per heavy atom. The fourth-order valence-corrected chi connectivity index (χ4v) is 5.11. The van der Waals surface area contributed by atoms with Crippen molar-refractivity contribution < 1.29 is 22.5 Å². The van der Waals surface area contributed by atoms with Gasteiger partial charge in [-0.2, -0.15) is 13.4 Å². The van der Waals surface area contributed by atoms with Gasteiger partial charge in [0, 0.05) is 25.8 Å². The van der Waals surface area contributed by atoms with Crippen LogP contribution in [-0.4, -0.2) is 59.1 Å². The molecule has 33 heavy (non-hydrogen) atoms. The fraction of sp³-hybridized carbons (Fsp3) is 0.318. The molecule has 5 rings (SSSR count). The molecule has 3 aromatic rings. The van der Waals surface area contributed by atoms with Gasteiger partial charge in [-0.3, -0.25) is 14.1 Å². The van der Waals surface area contributed by atoms with Gasteiger partial charge in [0.1, 0.15) is 10.5 Å². The summed E-state index contributed by atoms with van der Waals surface area (Å²) in [6, 6.07) is 10.6. The Bertz CT molecular complexity index is 1410. The molecule has 0 unspecified atom stereocenters. The summed E-state index contributed by atoms with van der Waals surface area (Å²) in [5.41, 5.74) is 1.07. The molecule has 0 bridgehead atoms. The van der Waals surface area contributed by atoms with Crippen molar-refractivity contribution in [3.8, 4) is 5.88 Å². The number of aromatic nitrogens is 2. The van der Waals surface area contributed by atoms with Crippen molar-refractivity contribution in [2.24, 2.45) is 0 Å². The second kappa shape index (κ2) is 7.48. The Morgan fingerprint density at radius 2 is 1.85 bits per heavy atom. The van der Waals surface area contributed by atoms with Gasteiger partial charge in [0.15, 0.2) is 0 Å². The van der Waals surface area contributed by atoms with Crippen LogP contribution in [0, 0.1) is 6.92 Å². The summed E-state index contributed by atoms with van der Waals surface area (Å²) in [6.45, 7) is 3.30. The number of anilines is 1. The Kier molecular flexibility index (Phi) is 4.82. The van der Waals surface area contributed by atoms with E-state index in [2.05, 4.69) is 9.88 Å². The van der Waals surface area contributed by atoms with Gasteiger partial charge in [0.25, 0.3) is 5.56 Å². The van der Waals surface area contributed by atoms with Crippen LogP contribution in [0.3, 0.4) is 0 Å². The summed E-state index contributed by atoms with van der Waals surface area (Å²) < 4.78 is 31.5. The van der Waals surface area contributed by atoms with Crippen LogP contribution < -0.4 is 14.6 Å². The van der Waals surface area contributed by atoms with Gasteiger partial charge in [-0.05, 0) is 44.0 Å². The smallest absolute Gasteiger partial charge is 0.407 e. The number of carboxylic acid groups (broad SMARTS) is 1. The first kappa shape index (κ1) is 21.3. The minimum absolute atomic E-state index is 0.0278. The largest absolute Gasteiger partial charge is 0.465 e. The third-order valence-corrected chi connectivity index (χ3v) is 7.44. The maximum absolute atomic E-state index is 12.7. The highest BCUT2D eigenvalue weighted by atomic mass is 32.2. The average Bonchev–Trinajstić information content (AvgIpc) is 3.52. The van der Waals surface area contributed by atoms with E-state index in [1.165, 1.54) is 21.4 Å². The van der Waals surface area contributed by atoms with E-state index in [9.17, 15) is 23.1 Å². The maximum Gasteiger partial charge on any atom is 0.407 e. The fourth-order valence-electron chi connectivity index (χ4n) is 4.23. The third-order valence-electron chi connectivity index (χ3n) is 6.20. The molecule has 172 valence electrons. The lowest BCUT2D eigenvalue weighted by atomic mass is 10.1. The van der Waals surface area contributed by atoms with E-state index in [-0.39, 0.29) is 22.0 Å². The van der Waals surface area contributed by atoms with Crippen molar-refractivity contribution >= 4 is 27.5 Å². The van der Waals surface area contributed by atoms with E-state index in [0.717, 1.165) is 30.2 Å². The number of hydrogen-bond donors (Lipinski definition) is 1. The van der Waals surface area contributed by atoms with Gasteiger partial charge in [-0.15, -0.1) is 0 Å². The highest BCUT2D eigenvalue weighted by Gasteiger charge is 2.53. The zero-order valence-corrected chi connectivity index (χ0v) is 18.7. The number of nitrogens with zero attached hydrogens (tertiary/aromatic N) is 4. The number of hydrogen-bond acceptors (Lipinski definition) is 7. The molecule has 1 amide bonds. The topological polar surface area (TPSA) is 122 Å². The molecule has 1 N–H and O–H groups in total. The SMILES string of the molecule is Cc1ccc(S(=O)(=O)Oc2cc(=O)n3cc(N4CCN(C(=O)O)C5(CC5)C4)ccc3n2)cc1. The number of carbonyl (C=O) groups is 1. The van der Waals surface area contributed by atoms with Crippen molar-refractivity contribution in [2.75, 3.05) is 24.5 Å². The van der Waals surface area contributed by atoms with Crippen LogP contribution in [-0.2, 0) is 10.1 Å². The third kappa shape index (κ3) is 3.88. The molecule has 1 aliphatic heterocycles. The summed E-state index contributed by atoms with van der Waals surface area (Å²) in [5.74, 6) is -0.305. The standard InChI is InChI=1S/C22H22N4O6S/c1-15-2-5-17(6-3-15)33(30,31)32-19-12-20(27)25-13-16(4-7-18(25)23-19)24-10-11-26(21(28)29)22(14-24)8-9-22/h2-7,12-13H,8-11,14H2,1H3,(H,28,29). The van der Waals surface area contributed by atoms with Crippen molar-refractivity contribution in [1.29, 1.82) is 0 Å². The van der Waals surface area contributed by atoms with Crippen molar-refractivity contribution in [1.82, 2.24) is 14.3 Å². The molecule has 3 heterocycles. The highest BCUT2D eigenvalue weighted by Crippen LogP contribution is 2.45. The van der Waals surface area contributed by atoms with Crippen molar-refractivity contribution in [3.63, 3.8) is 0 Å². The number of piperazine rings is 1. The normalized spacial score (nSPS) is 17.4. The van der Waals surface area contributed by atoms with Gasteiger partial charge in [-0.1, -0.05) is 17.7 Å². The van der Waals surface area contributed by atoms with E-state index < -0.39 is 21.8 Å². The monoisotopic (exact) mass is 470 g/mol. The first-order chi connectivity index (χ1) is 15.7. The van der Waals surface area contributed by atoms with Crippen LogP contribution >= 0.6 is 0 Å². The van der Waals surface area contributed by atoms with Crippen LogP contribution in [0.4, 0.5) is 10.5 Å². The Balaban J connectivity index is 1.41. The Labute approximate surface area is 189 Å². The van der Waals surface area contributed by atoms with Gasteiger partial charge < -0.3 is 14.2 Å². The van der Waals surface area contributed by atoms with E-state index in [4.69, 9.17) is 4.18 Å². The van der Waals surface area contributed by atoms with E-state index in [1.54, 1.807) is 30.5 Å². The summed E-state index contributed by atoms with van der Waals surface area (Å²) in [6.07, 6.45) is 2.37. The number of benzene rings is 1. The minimum atomic E-state index is -4.13. The second-order valence-corrected chi connectivity index (χ2v) is 10.0. The number of pyridine rings is 1. The first-order valence-corrected chi connectivity index (χ1v) is 11.9. The summed E-state index contributed by atoms with van der Waals surface area (Å²) in [5, 5.41) is 9.44. The molecule has 1 saturated heterocycles. The lowest BCUT2D eigenvalue weighted by molar-refractivity contribution is 0.110. The average molecular weight is 471 g/mol. The molecule has 0 atom stereocenters. The molecule has 2 aliphatic rings. The van der Waals surface area contributed by atoms with Gasteiger partial charge in [0.05, 0.1) is 17.3 Å². The Morgan fingerprint density at radius 3 is 2.52 bits per heavy atom. The summed E-state index contributed by atoms with van der Waals surface area (Å²) in [7, 11) is -4.13. The molecule has 2 aromatic heterocycles. The first-order valence-electron chi connectivity index (χ1n) is 10.5. The molecular weight excluding hydrogens is 448 g/mol. The molecule has 1 aliphatic carbocycles. The molecule has 1 aromatic carbocycles. The van der Waals surface area contributed by atoms with Crippen LogP contribution in [0.2, 0.25) is 0 Å². The molecule has 10 nitrogen and oxygen atoms in total. The van der Waals surface area contributed by atoms with Gasteiger partial charge >= 0.3 is 16.2 Å². The zero-order valence-electron chi connectivity index (χ0n) is 17.8. The van der Waals surface area contributed by atoms with Crippen molar-refractivity contribution in [2.45, 2.75) is 30.2 Å². The zero-order chi connectivity index (χ0) is 23.4. The summed E-state index contributed by atoms with van der Waals surface area (Å²) in [4.78, 5) is 32.0. The predicted molar refractivity (Wildman–Crippen MR) is 119 cm³/mol. The Hall–Kier alpha value is -3.60. The number of fused-ring (bicyclic) bond motifs is 1. The molecule has 0 radical (unpaired) electrons. The summed E-state index contributed by atoms with van der Waals surface area (Å²) >= 11 is 0. The maximum atomic E-state index is 12.7. The van der Waals surface area contributed by atoms with E-state index in [0.29, 0.717) is 19.6 Å². The molecular formula is C22H22N4O6S. The lowest BCUT2D eigenvalue weighted by Crippen LogP contribution is -2.56. The molecule has 11 heteroatoms. The second-order valence-electron chi connectivity index (χ2n) is 8.48. The molecule has 1 spiro atoms. The minimum Gasteiger partial charge on any atom is -0.465 e. The van der Waals surface area contributed by atoms with Crippen LogP contribution in [0.15, 0.2) is 58.4 Å². The quantitative estimate of drug-likeness (QED) is 0.576. The molecule has 1 saturated carbocycles. The van der Waals surface area contributed by atoms with E-state index in [1.807, 2.05) is 6.92 Å². The number of rotatable bonds is 4. The van der Waals surface area contributed by atoms with Crippen LogP contribution in [0.25, 0.3) is 5.65 Å². The number of amides is 1. The predicted octanol–water partition coefficient (Wildman–Crippen LogP) is 2.10.